The molecule has 0 bridgehead atoms. The first kappa shape index (κ1) is 14.0. The van der Waals surface area contributed by atoms with Gasteiger partial charge in [0, 0.05) is 24.0 Å². The third-order valence-electron chi connectivity index (χ3n) is 2.58. The van der Waals surface area contributed by atoms with Crippen LogP contribution in [0.25, 0.3) is 0 Å². The van der Waals surface area contributed by atoms with Crippen molar-refractivity contribution in [3.63, 3.8) is 0 Å². The maximum atomic E-state index is 12.0. The highest BCUT2D eigenvalue weighted by molar-refractivity contribution is 7.89. The Kier molecular flexibility index (Phi) is 4.18. The van der Waals surface area contributed by atoms with Gasteiger partial charge < -0.3 is 5.11 Å². The Bertz CT molecular complexity index is 639. The van der Waals surface area contributed by atoms with E-state index in [2.05, 4.69) is 9.71 Å². The molecule has 0 aliphatic heterocycles. The lowest BCUT2D eigenvalue weighted by molar-refractivity contribution is 0.473. The molecule has 0 radical (unpaired) electrons. The number of rotatable bonds is 5. The van der Waals surface area contributed by atoms with Crippen molar-refractivity contribution in [3.8, 4) is 5.75 Å². The van der Waals surface area contributed by atoms with Gasteiger partial charge in [-0.15, -0.1) is 11.3 Å². The van der Waals surface area contributed by atoms with Crippen molar-refractivity contribution in [1.82, 2.24) is 9.71 Å². The lowest BCUT2D eigenvalue weighted by atomic mass is 10.2. The summed E-state index contributed by atoms with van der Waals surface area (Å²) in [6, 6.07) is 5.58. The second kappa shape index (κ2) is 5.68. The predicted octanol–water partition coefficient (Wildman–Crippen LogP) is 1.93. The molecule has 1 unspecified atom stereocenters. The van der Waals surface area contributed by atoms with Crippen LogP contribution in [-0.2, 0) is 10.0 Å². The second-order valence-corrected chi connectivity index (χ2v) is 6.81. The highest BCUT2D eigenvalue weighted by atomic mass is 32.2. The molecule has 0 amide bonds. The van der Waals surface area contributed by atoms with Gasteiger partial charge in [-0.2, -0.15) is 0 Å². The number of hydrogen-bond donors (Lipinski definition) is 2. The van der Waals surface area contributed by atoms with E-state index < -0.39 is 10.0 Å². The van der Waals surface area contributed by atoms with Crippen molar-refractivity contribution >= 4 is 21.4 Å². The average Bonchev–Trinajstić information content (AvgIpc) is 2.90. The minimum Gasteiger partial charge on any atom is -0.508 e. The van der Waals surface area contributed by atoms with Gasteiger partial charge in [0.2, 0.25) is 10.0 Å². The van der Waals surface area contributed by atoms with Gasteiger partial charge in [0.15, 0.2) is 0 Å². The van der Waals surface area contributed by atoms with Crippen molar-refractivity contribution in [2.75, 3.05) is 6.54 Å². The summed E-state index contributed by atoms with van der Waals surface area (Å²) in [5.41, 5.74) is 0. The molecule has 7 heteroatoms. The molecule has 2 N–H and O–H groups in total. The molecule has 19 heavy (non-hydrogen) atoms. The molecule has 1 heterocycles. The first-order chi connectivity index (χ1) is 8.99. The second-order valence-electron chi connectivity index (χ2n) is 4.12. The summed E-state index contributed by atoms with van der Waals surface area (Å²) in [4.78, 5) is 4.20. The number of phenols is 1. The van der Waals surface area contributed by atoms with Crippen molar-refractivity contribution in [1.29, 1.82) is 0 Å². The summed E-state index contributed by atoms with van der Waals surface area (Å²) in [5.74, 6) is -0.0667. The molecular weight excluding hydrogens is 284 g/mol. The predicted molar refractivity (Wildman–Crippen MR) is 73.8 cm³/mol. The number of nitrogens with one attached hydrogen (secondary N) is 1. The van der Waals surface area contributed by atoms with Crippen molar-refractivity contribution in [2.45, 2.75) is 17.7 Å². The third kappa shape index (κ3) is 3.52. The fourth-order valence-electron chi connectivity index (χ4n) is 1.53. The van der Waals surface area contributed by atoms with Crippen LogP contribution in [0.3, 0.4) is 0 Å². The largest absolute Gasteiger partial charge is 0.508 e. The quantitative estimate of drug-likeness (QED) is 0.884. The molecule has 0 saturated carbocycles. The zero-order valence-electron chi connectivity index (χ0n) is 10.3. The van der Waals surface area contributed by atoms with E-state index >= 15 is 0 Å². The third-order valence-corrected chi connectivity index (χ3v) is 5.01. The van der Waals surface area contributed by atoms with Crippen LogP contribution < -0.4 is 4.72 Å². The Morgan fingerprint density at radius 2 is 2.26 bits per heavy atom. The monoisotopic (exact) mass is 298 g/mol. The molecule has 5 nitrogen and oxygen atoms in total. The van der Waals surface area contributed by atoms with Gasteiger partial charge in [-0.3, -0.25) is 0 Å². The van der Waals surface area contributed by atoms with E-state index in [0.29, 0.717) is 0 Å². The minimum absolute atomic E-state index is 0.00656. The fourth-order valence-corrected chi connectivity index (χ4v) is 3.40. The highest BCUT2D eigenvalue weighted by Crippen LogP contribution is 2.19. The molecule has 0 fully saturated rings. The summed E-state index contributed by atoms with van der Waals surface area (Å²) in [6.45, 7) is 2.18. The van der Waals surface area contributed by atoms with Gasteiger partial charge in [-0.1, -0.05) is 13.0 Å². The summed E-state index contributed by atoms with van der Waals surface area (Å²) in [5, 5.41) is 12.0. The van der Waals surface area contributed by atoms with Crippen LogP contribution in [0.1, 0.15) is 17.8 Å². The summed E-state index contributed by atoms with van der Waals surface area (Å²) >= 11 is 1.49. The summed E-state index contributed by atoms with van der Waals surface area (Å²) < 4.78 is 26.6. The molecule has 1 atom stereocenters. The fraction of sp³-hybridized carbons (Fsp3) is 0.250. The first-order valence-corrected chi connectivity index (χ1v) is 8.03. The molecule has 0 spiro atoms. The van der Waals surface area contributed by atoms with Crippen molar-refractivity contribution < 1.29 is 13.5 Å². The lowest BCUT2D eigenvalue weighted by Crippen LogP contribution is -2.27. The number of benzene rings is 1. The number of thiazole rings is 1. The standard InChI is InChI=1S/C12H14N2O3S2/c1-9(12-13-5-6-18-12)8-14-19(16,17)11-4-2-3-10(15)7-11/h2-7,9,14-15H,8H2,1H3. The van der Waals surface area contributed by atoms with Crippen LogP contribution in [0.15, 0.2) is 40.7 Å². The number of phenolic OH excluding ortho intramolecular Hbond substituents is 1. The topological polar surface area (TPSA) is 79.3 Å². The van der Waals surface area contributed by atoms with Crippen molar-refractivity contribution in [2.24, 2.45) is 0 Å². The zero-order chi connectivity index (χ0) is 13.9. The summed E-state index contributed by atoms with van der Waals surface area (Å²) in [7, 11) is -3.60. The molecule has 2 aromatic rings. The van der Waals surface area contributed by atoms with E-state index in [1.807, 2.05) is 12.3 Å². The summed E-state index contributed by atoms with van der Waals surface area (Å²) in [6.07, 6.45) is 1.69. The number of aromatic nitrogens is 1. The van der Waals surface area contributed by atoms with Crippen LogP contribution >= 0.6 is 11.3 Å². The Labute approximate surface area is 116 Å². The van der Waals surface area contributed by atoms with Crippen LogP contribution in [0.5, 0.6) is 5.75 Å². The SMILES string of the molecule is CC(CNS(=O)(=O)c1cccc(O)c1)c1nccs1. The van der Waals surface area contributed by atoms with E-state index in [1.54, 1.807) is 6.20 Å². The smallest absolute Gasteiger partial charge is 0.240 e. The Hall–Kier alpha value is -1.44. The van der Waals surface area contributed by atoms with Crippen LogP contribution in [-0.4, -0.2) is 25.1 Å². The number of hydrogen-bond acceptors (Lipinski definition) is 5. The molecule has 0 aliphatic carbocycles. The van der Waals surface area contributed by atoms with Crippen LogP contribution in [0.4, 0.5) is 0 Å². The molecule has 1 aromatic heterocycles. The average molecular weight is 298 g/mol. The van der Waals surface area contributed by atoms with Gasteiger partial charge >= 0.3 is 0 Å². The molecule has 2 rings (SSSR count). The Balaban J connectivity index is 2.06. The van der Waals surface area contributed by atoms with Crippen molar-refractivity contribution in [3.05, 3.63) is 40.8 Å². The van der Waals surface area contributed by atoms with Gasteiger partial charge in [0.25, 0.3) is 0 Å². The van der Waals surface area contributed by atoms with Crippen LogP contribution in [0, 0.1) is 0 Å². The van der Waals surface area contributed by atoms with E-state index in [0.717, 1.165) is 5.01 Å². The maximum absolute atomic E-state index is 12.0. The van der Waals surface area contributed by atoms with Gasteiger partial charge in [-0.25, -0.2) is 18.1 Å². The number of sulfonamides is 1. The molecule has 0 saturated heterocycles. The lowest BCUT2D eigenvalue weighted by Gasteiger charge is -2.11. The first-order valence-electron chi connectivity index (χ1n) is 5.67. The number of aromatic hydroxyl groups is 1. The zero-order valence-corrected chi connectivity index (χ0v) is 11.9. The van der Waals surface area contributed by atoms with Crippen LogP contribution in [0.2, 0.25) is 0 Å². The molecule has 102 valence electrons. The van der Waals surface area contributed by atoms with E-state index in [9.17, 15) is 13.5 Å². The number of nitrogens with zero attached hydrogens (tertiary/aromatic N) is 1. The normalized spacial score (nSPS) is 13.3. The molecule has 0 aliphatic rings. The van der Waals surface area contributed by atoms with E-state index in [1.165, 1.54) is 35.6 Å². The van der Waals surface area contributed by atoms with E-state index in [-0.39, 0.29) is 23.1 Å². The van der Waals surface area contributed by atoms with Gasteiger partial charge in [0.05, 0.1) is 9.90 Å². The molecular formula is C12H14N2O3S2. The Morgan fingerprint density at radius 3 is 2.89 bits per heavy atom. The van der Waals surface area contributed by atoms with Gasteiger partial charge in [-0.05, 0) is 18.2 Å². The maximum Gasteiger partial charge on any atom is 0.240 e. The van der Waals surface area contributed by atoms with E-state index in [4.69, 9.17) is 0 Å². The minimum atomic E-state index is -3.60. The highest BCUT2D eigenvalue weighted by Gasteiger charge is 2.17. The Morgan fingerprint density at radius 1 is 1.47 bits per heavy atom. The van der Waals surface area contributed by atoms with Gasteiger partial charge in [0.1, 0.15) is 5.75 Å². The molecule has 1 aromatic carbocycles.